The number of rotatable bonds is 10. The summed E-state index contributed by atoms with van der Waals surface area (Å²) < 4.78 is 11.1. The van der Waals surface area contributed by atoms with Crippen LogP contribution >= 0.6 is 0 Å². The van der Waals surface area contributed by atoms with Crippen LogP contribution < -0.4 is 5.32 Å². The predicted molar refractivity (Wildman–Crippen MR) is 82.7 cm³/mol. The summed E-state index contributed by atoms with van der Waals surface area (Å²) >= 11 is 0. The van der Waals surface area contributed by atoms with Crippen LogP contribution in [-0.4, -0.2) is 37.2 Å². The van der Waals surface area contributed by atoms with Crippen LogP contribution in [0.1, 0.15) is 45.6 Å². The molecular formula is C16H30N2O2. The van der Waals surface area contributed by atoms with Crippen molar-refractivity contribution in [2.75, 3.05) is 20.3 Å². The van der Waals surface area contributed by atoms with E-state index in [9.17, 15) is 0 Å². The molecule has 0 bridgehead atoms. The maximum Gasteiger partial charge on any atom is 0.118 e. The summed E-state index contributed by atoms with van der Waals surface area (Å²) in [7, 11) is 1.75. The first-order chi connectivity index (χ1) is 9.56. The van der Waals surface area contributed by atoms with Gasteiger partial charge in [-0.2, -0.15) is 0 Å². The molecule has 0 aliphatic heterocycles. The van der Waals surface area contributed by atoms with E-state index in [1.54, 1.807) is 7.11 Å². The molecule has 1 rings (SSSR count). The molecule has 0 radical (unpaired) electrons. The minimum atomic E-state index is 0.474. The monoisotopic (exact) mass is 282 g/mol. The fraction of sp³-hybridized carbons (Fsp3) is 0.750. The number of furan rings is 1. The number of nitrogens with one attached hydrogen (secondary N) is 1. The number of nitrogens with zero attached hydrogens (tertiary/aromatic N) is 1. The van der Waals surface area contributed by atoms with E-state index in [2.05, 4.69) is 50.0 Å². The van der Waals surface area contributed by atoms with E-state index < -0.39 is 0 Å². The first-order valence-corrected chi connectivity index (χ1v) is 7.60. The lowest BCUT2D eigenvalue weighted by molar-refractivity contribution is 0.112. The van der Waals surface area contributed by atoms with Gasteiger partial charge in [-0.3, -0.25) is 4.90 Å². The maximum absolute atomic E-state index is 5.89. The van der Waals surface area contributed by atoms with Crippen molar-refractivity contribution in [2.24, 2.45) is 0 Å². The molecular weight excluding hydrogens is 252 g/mol. The SMILES string of the molecule is CCC(C)N(CCOC)Cc1ccc(CNC(C)C)o1. The standard InChI is InChI=1S/C16H30N2O2/c1-6-14(4)18(9-10-19-5)12-16-8-7-15(20-16)11-17-13(2)3/h7-8,13-14,17H,6,9-12H2,1-5H3. The van der Waals surface area contributed by atoms with Crippen molar-refractivity contribution in [1.29, 1.82) is 0 Å². The van der Waals surface area contributed by atoms with E-state index in [4.69, 9.17) is 9.15 Å². The van der Waals surface area contributed by atoms with Crippen LogP contribution in [0.3, 0.4) is 0 Å². The second-order valence-corrected chi connectivity index (χ2v) is 5.62. The second-order valence-electron chi connectivity index (χ2n) is 5.62. The lowest BCUT2D eigenvalue weighted by atomic mass is 10.2. The van der Waals surface area contributed by atoms with Gasteiger partial charge >= 0.3 is 0 Å². The van der Waals surface area contributed by atoms with Crippen molar-refractivity contribution in [3.05, 3.63) is 23.7 Å². The van der Waals surface area contributed by atoms with Gasteiger partial charge < -0.3 is 14.5 Å². The molecule has 0 aliphatic carbocycles. The molecule has 1 atom stereocenters. The average Bonchev–Trinajstić information content (AvgIpc) is 2.88. The number of methoxy groups -OCH3 is 1. The molecule has 0 saturated carbocycles. The van der Waals surface area contributed by atoms with Crippen LogP contribution in [0, 0.1) is 0 Å². The third-order valence-corrected chi connectivity index (χ3v) is 3.56. The van der Waals surface area contributed by atoms with Crippen molar-refractivity contribution in [3.8, 4) is 0 Å². The third-order valence-electron chi connectivity index (χ3n) is 3.56. The molecule has 1 aromatic rings. The van der Waals surface area contributed by atoms with E-state index in [1.165, 1.54) is 0 Å². The second kappa shape index (κ2) is 9.16. The van der Waals surface area contributed by atoms with Crippen LogP contribution in [0.4, 0.5) is 0 Å². The topological polar surface area (TPSA) is 37.6 Å². The molecule has 0 aliphatic rings. The van der Waals surface area contributed by atoms with E-state index >= 15 is 0 Å². The van der Waals surface area contributed by atoms with E-state index in [0.717, 1.165) is 44.2 Å². The quantitative estimate of drug-likeness (QED) is 0.716. The van der Waals surface area contributed by atoms with Crippen molar-refractivity contribution in [2.45, 2.75) is 59.3 Å². The van der Waals surface area contributed by atoms with E-state index in [1.807, 2.05) is 0 Å². The molecule has 0 saturated heterocycles. The Hall–Kier alpha value is -0.840. The largest absolute Gasteiger partial charge is 0.463 e. The minimum Gasteiger partial charge on any atom is -0.463 e. The van der Waals surface area contributed by atoms with Crippen molar-refractivity contribution in [3.63, 3.8) is 0 Å². The molecule has 1 N–H and O–H groups in total. The Morgan fingerprint density at radius 3 is 2.55 bits per heavy atom. The fourth-order valence-corrected chi connectivity index (χ4v) is 2.03. The van der Waals surface area contributed by atoms with Gasteiger partial charge in [0.2, 0.25) is 0 Å². The molecule has 0 aromatic carbocycles. The van der Waals surface area contributed by atoms with Crippen LogP contribution in [0.15, 0.2) is 16.5 Å². The third kappa shape index (κ3) is 6.07. The Bertz CT molecular complexity index is 363. The van der Waals surface area contributed by atoms with Crippen molar-refractivity contribution >= 4 is 0 Å². The summed E-state index contributed by atoms with van der Waals surface area (Å²) in [5.41, 5.74) is 0. The molecule has 1 aromatic heterocycles. The van der Waals surface area contributed by atoms with Gasteiger partial charge in [0.15, 0.2) is 0 Å². The van der Waals surface area contributed by atoms with Gasteiger partial charge in [-0.1, -0.05) is 20.8 Å². The Labute approximate surface area is 123 Å². The van der Waals surface area contributed by atoms with Crippen molar-refractivity contribution < 1.29 is 9.15 Å². The van der Waals surface area contributed by atoms with Crippen LogP contribution in [-0.2, 0) is 17.8 Å². The normalized spacial score (nSPS) is 13.3. The fourth-order valence-electron chi connectivity index (χ4n) is 2.03. The zero-order chi connectivity index (χ0) is 15.0. The Kier molecular flexibility index (Phi) is 7.88. The van der Waals surface area contributed by atoms with E-state index in [0.29, 0.717) is 12.1 Å². The Morgan fingerprint density at radius 2 is 1.95 bits per heavy atom. The molecule has 1 unspecified atom stereocenters. The first kappa shape index (κ1) is 17.2. The van der Waals surface area contributed by atoms with Crippen molar-refractivity contribution in [1.82, 2.24) is 10.2 Å². The predicted octanol–water partition coefficient (Wildman–Crippen LogP) is 3.02. The number of hydrogen-bond donors (Lipinski definition) is 1. The van der Waals surface area contributed by atoms with Gasteiger partial charge in [0.1, 0.15) is 11.5 Å². The lowest BCUT2D eigenvalue weighted by Gasteiger charge is -2.27. The van der Waals surface area contributed by atoms with Gasteiger partial charge in [0, 0.05) is 25.7 Å². The van der Waals surface area contributed by atoms with Gasteiger partial charge in [-0.25, -0.2) is 0 Å². The summed E-state index contributed by atoms with van der Waals surface area (Å²) in [6, 6.07) is 5.16. The lowest BCUT2D eigenvalue weighted by Crippen LogP contribution is -2.34. The summed E-state index contributed by atoms with van der Waals surface area (Å²) in [6.45, 7) is 12.1. The number of hydrogen-bond acceptors (Lipinski definition) is 4. The van der Waals surface area contributed by atoms with Gasteiger partial charge in [0.25, 0.3) is 0 Å². The average molecular weight is 282 g/mol. The molecule has 0 fully saturated rings. The highest BCUT2D eigenvalue weighted by atomic mass is 16.5. The van der Waals surface area contributed by atoms with Crippen LogP contribution in [0.5, 0.6) is 0 Å². The smallest absolute Gasteiger partial charge is 0.118 e. The van der Waals surface area contributed by atoms with Gasteiger partial charge in [0.05, 0.1) is 19.7 Å². The Morgan fingerprint density at radius 1 is 1.25 bits per heavy atom. The first-order valence-electron chi connectivity index (χ1n) is 7.60. The molecule has 20 heavy (non-hydrogen) atoms. The molecule has 4 heteroatoms. The molecule has 0 spiro atoms. The number of ether oxygens (including phenoxy) is 1. The summed E-state index contributed by atoms with van der Waals surface area (Å²) in [6.07, 6.45) is 1.13. The van der Waals surface area contributed by atoms with Gasteiger partial charge in [-0.05, 0) is 25.5 Å². The summed E-state index contributed by atoms with van der Waals surface area (Å²) in [4.78, 5) is 2.40. The zero-order valence-electron chi connectivity index (χ0n) is 13.6. The highest BCUT2D eigenvalue weighted by molar-refractivity contribution is 5.07. The molecule has 1 heterocycles. The summed E-state index contributed by atoms with van der Waals surface area (Å²) in [5.74, 6) is 2.03. The van der Waals surface area contributed by atoms with Gasteiger partial charge in [-0.15, -0.1) is 0 Å². The maximum atomic E-state index is 5.89. The van der Waals surface area contributed by atoms with E-state index in [-0.39, 0.29) is 0 Å². The minimum absolute atomic E-state index is 0.474. The highest BCUT2D eigenvalue weighted by Gasteiger charge is 2.14. The molecule has 0 amide bonds. The Balaban J connectivity index is 2.54. The van der Waals surface area contributed by atoms with Crippen LogP contribution in [0.25, 0.3) is 0 Å². The molecule has 4 nitrogen and oxygen atoms in total. The molecule has 116 valence electrons. The highest BCUT2D eigenvalue weighted by Crippen LogP contribution is 2.14. The zero-order valence-corrected chi connectivity index (χ0v) is 13.6. The van der Waals surface area contributed by atoms with Crippen LogP contribution in [0.2, 0.25) is 0 Å². The summed E-state index contributed by atoms with van der Waals surface area (Å²) in [5, 5.41) is 3.37.